The molecule has 0 radical (unpaired) electrons. The van der Waals surface area contributed by atoms with Gasteiger partial charge in [-0.05, 0) is 50.1 Å². The molecule has 1 amide bonds. The predicted molar refractivity (Wildman–Crippen MR) is 91.5 cm³/mol. The Morgan fingerprint density at radius 2 is 1.78 bits per heavy atom. The monoisotopic (exact) mass is 331 g/mol. The first-order valence-electron chi connectivity index (χ1n) is 7.39. The fourth-order valence-electron chi connectivity index (χ4n) is 2.32. The molecule has 0 heterocycles. The SMILES string of the molecule is CC(=O)NC1=C(S(=O)(=O)c2ccc(C)c(C)c2)CC=C(C)C=C1. The normalized spacial score (nSPS) is 15.2. The van der Waals surface area contributed by atoms with Crippen LogP contribution in [0.1, 0.15) is 31.4 Å². The maximum Gasteiger partial charge on any atom is 0.221 e. The fraction of sp³-hybridized carbons (Fsp3) is 0.278. The number of sulfone groups is 1. The van der Waals surface area contributed by atoms with E-state index in [-0.39, 0.29) is 22.1 Å². The van der Waals surface area contributed by atoms with Crippen LogP contribution in [0.4, 0.5) is 0 Å². The summed E-state index contributed by atoms with van der Waals surface area (Å²) in [5, 5.41) is 2.64. The standard InChI is InChI=1S/C18H21NO3S/c1-12-5-9-17(19-15(4)20)18(10-6-12)23(21,22)16-8-7-13(2)14(3)11-16/h5-9,11H,10H2,1-4H3,(H,19,20). The van der Waals surface area contributed by atoms with Gasteiger partial charge in [-0.25, -0.2) is 8.42 Å². The molecular formula is C18H21NO3S. The van der Waals surface area contributed by atoms with Crippen molar-refractivity contribution in [2.24, 2.45) is 0 Å². The highest BCUT2D eigenvalue weighted by atomic mass is 32.2. The molecule has 1 N–H and O–H groups in total. The van der Waals surface area contributed by atoms with E-state index in [1.54, 1.807) is 30.4 Å². The quantitative estimate of drug-likeness (QED) is 0.924. The first-order chi connectivity index (χ1) is 10.7. The molecule has 4 nitrogen and oxygen atoms in total. The summed E-state index contributed by atoms with van der Waals surface area (Å²) in [7, 11) is -3.67. The Hall–Kier alpha value is -2.14. The minimum Gasteiger partial charge on any atom is -0.325 e. The van der Waals surface area contributed by atoms with Crippen LogP contribution in [0.15, 0.2) is 57.5 Å². The van der Waals surface area contributed by atoms with Gasteiger partial charge in [0.2, 0.25) is 15.7 Å². The summed E-state index contributed by atoms with van der Waals surface area (Å²) in [4.78, 5) is 11.9. The molecule has 0 bridgehead atoms. The van der Waals surface area contributed by atoms with E-state index in [2.05, 4.69) is 5.32 Å². The minimum absolute atomic E-state index is 0.212. The smallest absolute Gasteiger partial charge is 0.221 e. The lowest BCUT2D eigenvalue weighted by atomic mass is 10.1. The van der Waals surface area contributed by atoms with Crippen LogP contribution in [0.5, 0.6) is 0 Å². The van der Waals surface area contributed by atoms with Gasteiger partial charge in [-0.2, -0.15) is 0 Å². The fourth-order valence-corrected chi connectivity index (χ4v) is 3.89. The van der Waals surface area contributed by atoms with Gasteiger partial charge < -0.3 is 5.32 Å². The lowest BCUT2D eigenvalue weighted by molar-refractivity contribution is -0.118. The van der Waals surface area contributed by atoms with Crippen molar-refractivity contribution in [1.29, 1.82) is 0 Å². The molecule has 23 heavy (non-hydrogen) atoms. The summed E-state index contributed by atoms with van der Waals surface area (Å²) in [6.07, 6.45) is 5.55. The number of benzene rings is 1. The summed E-state index contributed by atoms with van der Waals surface area (Å²) < 4.78 is 26.1. The van der Waals surface area contributed by atoms with Crippen LogP contribution < -0.4 is 5.32 Å². The first kappa shape index (κ1) is 17.2. The number of hydrogen-bond donors (Lipinski definition) is 1. The van der Waals surface area contributed by atoms with Crippen molar-refractivity contribution in [3.05, 3.63) is 63.7 Å². The molecule has 0 aliphatic heterocycles. The second-order valence-corrected chi connectivity index (χ2v) is 7.72. The molecular weight excluding hydrogens is 310 g/mol. The van der Waals surface area contributed by atoms with E-state index < -0.39 is 9.84 Å². The van der Waals surface area contributed by atoms with Crippen LogP contribution in [-0.4, -0.2) is 14.3 Å². The number of hydrogen-bond acceptors (Lipinski definition) is 3. The third-order valence-corrected chi connectivity index (χ3v) is 5.76. The second-order valence-electron chi connectivity index (χ2n) is 5.75. The Balaban J connectivity index is 2.61. The highest BCUT2D eigenvalue weighted by Gasteiger charge is 2.24. The van der Waals surface area contributed by atoms with Gasteiger partial charge in [-0.3, -0.25) is 4.79 Å². The number of allylic oxidation sites excluding steroid dienone is 5. The highest BCUT2D eigenvalue weighted by molar-refractivity contribution is 7.95. The molecule has 0 saturated heterocycles. The van der Waals surface area contributed by atoms with Crippen LogP contribution in [0.2, 0.25) is 0 Å². The van der Waals surface area contributed by atoms with Gasteiger partial charge in [0.15, 0.2) is 0 Å². The maximum absolute atomic E-state index is 13.0. The molecule has 2 rings (SSSR count). The molecule has 5 heteroatoms. The number of aryl methyl sites for hydroxylation is 2. The summed E-state index contributed by atoms with van der Waals surface area (Å²) in [6, 6.07) is 5.09. The van der Waals surface area contributed by atoms with Gasteiger partial charge in [0.1, 0.15) is 0 Å². The molecule has 1 aliphatic rings. The Labute approximate surface area is 137 Å². The Bertz CT molecular complexity index is 843. The number of nitrogens with one attached hydrogen (secondary N) is 1. The van der Waals surface area contributed by atoms with Crippen LogP contribution in [0.3, 0.4) is 0 Å². The van der Waals surface area contributed by atoms with E-state index in [4.69, 9.17) is 0 Å². The van der Waals surface area contributed by atoms with Crippen LogP contribution in [0.25, 0.3) is 0 Å². The highest BCUT2D eigenvalue weighted by Crippen LogP contribution is 2.28. The van der Waals surface area contributed by atoms with E-state index >= 15 is 0 Å². The number of amides is 1. The maximum atomic E-state index is 13.0. The molecule has 1 aromatic carbocycles. The third-order valence-electron chi connectivity index (χ3n) is 3.85. The van der Waals surface area contributed by atoms with Crippen LogP contribution in [0, 0.1) is 13.8 Å². The van der Waals surface area contributed by atoms with E-state index in [0.29, 0.717) is 5.70 Å². The number of rotatable bonds is 3. The van der Waals surface area contributed by atoms with Gasteiger partial charge in [0.25, 0.3) is 0 Å². The van der Waals surface area contributed by atoms with E-state index in [1.165, 1.54) is 6.92 Å². The van der Waals surface area contributed by atoms with Gasteiger partial charge in [-0.1, -0.05) is 23.8 Å². The summed E-state index contributed by atoms with van der Waals surface area (Å²) in [5.41, 5.74) is 3.25. The molecule has 0 unspecified atom stereocenters. The minimum atomic E-state index is -3.67. The predicted octanol–water partition coefficient (Wildman–Crippen LogP) is 3.33. The summed E-state index contributed by atoms with van der Waals surface area (Å²) >= 11 is 0. The zero-order valence-electron chi connectivity index (χ0n) is 13.8. The van der Waals surface area contributed by atoms with Crippen molar-refractivity contribution >= 4 is 15.7 Å². The molecule has 1 aromatic rings. The van der Waals surface area contributed by atoms with Gasteiger partial charge >= 0.3 is 0 Å². The van der Waals surface area contributed by atoms with Crippen LogP contribution in [-0.2, 0) is 14.6 Å². The topological polar surface area (TPSA) is 63.2 Å². The molecule has 0 spiro atoms. The van der Waals surface area contributed by atoms with E-state index in [1.807, 2.05) is 26.8 Å². The average Bonchev–Trinajstić information content (AvgIpc) is 2.64. The van der Waals surface area contributed by atoms with Crippen molar-refractivity contribution < 1.29 is 13.2 Å². The van der Waals surface area contributed by atoms with Gasteiger partial charge in [0, 0.05) is 13.3 Å². The van der Waals surface area contributed by atoms with Gasteiger partial charge in [-0.15, -0.1) is 0 Å². The molecule has 122 valence electrons. The Kier molecular flexibility index (Phi) is 4.90. The zero-order chi connectivity index (χ0) is 17.2. The van der Waals surface area contributed by atoms with Crippen molar-refractivity contribution in [3.8, 4) is 0 Å². The molecule has 1 aliphatic carbocycles. The van der Waals surface area contributed by atoms with Crippen molar-refractivity contribution in [2.45, 2.75) is 39.0 Å². The van der Waals surface area contributed by atoms with E-state index in [9.17, 15) is 13.2 Å². The van der Waals surface area contributed by atoms with Crippen molar-refractivity contribution in [3.63, 3.8) is 0 Å². The van der Waals surface area contributed by atoms with Crippen LogP contribution >= 0.6 is 0 Å². The lowest BCUT2D eigenvalue weighted by Gasteiger charge is -2.13. The number of carbonyl (C=O) groups excluding carboxylic acids is 1. The molecule has 0 atom stereocenters. The molecule has 0 fully saturated rings. The first-order valence-corrected chi connectivity index (χ1v) is 8.88. The lowest BCUT2D eigenvalue weighted by Crippen LogP contribution is -2.22. The Morgan fingerprint density at radius 3 is 2.39 bits per heavy atom. The van der Waals surface area contributed by atoms with E-state index in [0.717, 1.165) is 16.7 Å². The summed E-state index contributed by atoms with van der Waals surface area (Å²) in [6.45, 7) is 7.09. The second kappa shape index (κ2) is 6.54. The van der Waals surface area contributed by atoms with Crippen molar-refractivity contribution in [1.82, 2.24) is 5.32 Å². The Morgan fingerprint density at radius 1 is 1.09 bits per heavy atom. The average molecular weight is 331 g/mol. The third kappa shape index (κ3) is 3.79. The number of carbonyl (C=O) groups is 1. The zero-order valence-corrected chi connectivity index (χ0v) is 14.6. The van der Waals surface area contributed by atoms with Crippen molar-refractivity contribution in [2.75, 3.05) is 0 Å². The molecule has 0 saturated carbocycles. The largest absolute Gasteiger partial charge is 0.325 e. The molecule has 0 aromatic heterocycles. The van der Waals surface area contributed by atoms with Gasteiger partial charge in [0.05, 0.1) is 15.5 Å². The summed E-state index contributed by atoms with van der Waals surface area (Å²) in [5.74, 6) is -0.294.